The van der Waals surface area contributed by atoms with Crippen LogP contribution in [0.25, 0.3) is 0 Å². The lowest BCUT2D eigenvalue weighted by atomic mass is 9.89. The number of hydrogen-bond donors (Lipinski definition) is 2. The first-order valence-corrected chi connectivity index (χ1v) is 6.55. The SMILES string of the molecule is CC(=NNc1cc2c(cc1C(F)(F)F)CCCC2)C(=O)O. The number of hydrazone groups is 1. The van der Waals surface area contributed by atoms with Crippen molar-refractivity contribution in [3.05, 3.63) is 28.8 Å². The van der Waals surface area contributed by atoms with Crippen molar-refractivity contribution >= 4 is 17.4 Å². The highest BCUT2D eigenvalue weighted by Gasteiger charge is 2.34. The molecule has 2 rings (SSSR count). The lowest BCUT2D eigenvalue weighted by Crippen LogP contribution is -2.15. The highest BCUT2D eigenvalue weighted by molar-refractivity contribution is 6.34. The Kier molecular flexibility index (Phi) is 4.20. The molecule has 1 aliphatic rings. The summed E-state index contributed by atoms with van der Waals surface area (Å²) in [7, 11) is 0. The zero-order chi connectivity index (χ0) is 15.6. The van der Waals surface area contributed by atoms with Crippen molar-refractivity contribution in [2.45, 2.75) is 38.8 Å². The number of hydrogen-bond acceptors (Lipinski definition) is 3. The van der Waals surface area contributed by atoms with Crippen LogP contribution in [0.5, 0.6) is 0 Å². The maximum Gasteiger partial charge on any atom is 0.418 e. The topological polar surface area (TPSA) is 61.7 Å². The van der Waals surface area contributed by atoms with Crippen molar-refractivity contribution < 1.29 is 23.1 Å². The minimum Gasteiger partial charge on any atom is -0.477 e. The molecule has 0 heterocycles. The van der Waals surface area contributed by atoms with Crippen LogP contribution in [0.4, 0.5) is 18.9 Å². The van der Waals surface area contributed by atoms with Gasteiger partial charge in [-0.1, -0.05) is 0 Å². The number of carbonyl (C=O) groups is 1. The van der Waals surface area contributed by atoms with Crippen molar-refractivity contribution in [2.75, 3.05) is 5.43 Å². The summed E-state index contributed by atoms with van der Waals surface area (Å²) in [6.07, 6.45) is -1.33. The molecule has 0 aliphatic heterocycles. The van der Waals surface area contributed by atoms with E-state index in [1.165, 1.54) is 13.0 Å². The third kappa shape index (κ3) is 3.53. The molecule has 0 saturated heterocycles. The molecule has 0 saturated carbocycles. The van der Waals surface area contributed by atoms with Crippen LogP contribution in [0.2, 0.25) is 0 Å². The molecule has 2 N–H and O–H groups in total. The average molecular weight is 300 g/mol. The van der Waals surface area contributed by atoms with E-state index in [2.05, 4.69) is 10.5 Å². The molecule has 0 unspecified atom stereocenters. The molecule has 7 heteroatoms. The van der Waals surface area contributed by atoms with Gasteiger partial charge in [0.25, 0.3) is 0 Å². The number of carboxylic acid groups (broad SMARTS) is 1. The van der Waals surface area contributed by atoms with Crippen LogP contribution in [0.15, 0.2) is 17.2 Å². The predicted octanol–water partition coefficient (Wildman–Crippen LogP) is 3.46. The Balaban J connectivity index is 2.42. The molecule has 0 spiro atoms. The molecule has 0 fully saturated rings. The Morgan fingerprint density at radius 1 is 1.24 bits per heavy atom. The number of anilines is 1. The highest BCUT2D eigenvalue weighted by Crippen LogP contribution is 2.38. The third-order valence-electron chi connectivity index (χ3n) is 3.44. The Morgan fingerprint density at radius 3 is 2.33 bits per heavy atom. The van der Waals surface area contributed by atoms with E-state index in [4.69, 9.17) is 5.11 Å². The van der Waals surface area contributed by atoms with Gasteiger partial charge in [0.1, 0.15) is 5.71 Å². The van der Waals surface area contributed by atoms with Crippen molar-refractivity contribution in [3.8, 4) is 0 Å². The summed E-state index contributed by atoms with van der Waals surface area (Å²) < 4.78 is 39.3. The fraction of sp³-hybridized carbons (Fsp3) is 0.429. The fourth-order valence-corrected chi connectivity index (χ4v) is 2.30. The van der Waals surface area contributed by atoms with Gasteiger partial charge >= 0.3 is 12.1 Å². The molecule has 0 radical (unpaired) electrons. The Labute approximate surface area is 119 Å². The van der Waals surface area contributed by atoms with E-state index in [0.29, 0.717) is 12.0 Å². The molecule has 1 aliphatic carbocycles. The van der Waals surface area contributed by atoms with Crippen LogP contribution in [-0.4, -0.2) is 16.8 Å². The normalized spacial score (nSPS) is 15.5. The maximum absolute atomic E-state index is 13.1. The van der Waals surface area contributed by atoms with Crippen molar-refractivity contribution in [1.82, 2.24) is 0 Å². The van der Waals surface area contributed by atoms with Crippen molar-refractivity contribution in [3.63, 3.8) is 0 Å². The number of nitrogens with zero attached hydrogens (tertiary/aromatic N) is 1. The van der Waals surface area contributed by atoms with Gasteiger partial charge in [0.15, 0.2) is 0 Å². The summed E-state index contributed by atoms with van der Waals surface area (Å²) in [4.78, 5) is 10.6. The van der Waals surface area contributed by atoms with Gasteiger partial charge in [-0.3, -0.25) is 5.43 Å². The lowest BCUT2D eigenvalue weighted by Gasteiger charge is -2.20. The number of alkyl halides is 3. The third-order valence-corrected chi connectivity index (χ3v) is 3.44. The maximum atomic E-state index is 13.1. The van der Waals surface area contributed by atoms with E-state index in [-0.39, 0.29) is 11.4 Å². The van der Waals surface area contributed by atoms with E-state index >= 15 is 0 Å². The second kappa shape index (κ2) is 5.75. The van der Waals surface area contributed by atoms with Crippen LogP contribution in [0.1, 0.15) is 36.5 Å². The largest absolute Gasteiger partial charge is 0.477 e. The van der Waals surface area contributed by atoms with Gasteiger partial charge in [0.05, 0.1) is 11.3 Å². The second-order valence-electron chi connectivity index (χ2n) is 4.99. The number of rotatable bonds is 3. The molecular weight excluding hydrogens is 285 g/mol. The fourth-order valence-electron chi connectivity index (χ4n) is 2.30. The van der Waals surface area contributed by atoms with Crippen LogP contribution in [0.3, 0.4) is 0 Å². The van der Waals surface area contributed by atoms with Gasteiger partial charge in [-0.25, -0.2) is 4.79 Å². The van der Waals surface area contributed by atoms with Gasteiger partial charge in [-0.15, -0.1) is 0 Å². The second-order valence-corrected chi connectivity index (χ2v) is 4.99. The highest BCUT2D eigenvalue weighted by atomic mass is 19.4. The van der Waals surface area contributed by atoms with Crippen molar-refractivity contribution in [2.24, 2.45) is 5.10 Å². The molecule has 0 amide bonds. The zero-order valence-corrected chi connectivity index (χ0v) is 11.4. The Morgan fingerprint density at radius 2 is 1.81 bits per heavy atom. The van der Waals surface area contributed by atoms with E-state index in [0.717, 1.165) is 30.9 Å². The van der Waals surface area contributed by atoms with E-state index in [1.54, 1.807) is 0 Å². The average Bonchev–Trinajstić information content (AvgIpc) is 2.42. The summed E-state index contributed by atoms with van der Waals surface area (Å²) >= 11 is 0. The first-order chi connectivity index (χ1) is 9.79. The van der Waals surface area contributed by atoms with Gasteiger partial charge in [-0.2, -0.15) is 18.3 Å². The van der Waals surface area contributed by atoms with Crippen molar-refractivity contribution in [1.29, 1.82) is 0 Å². The molecule has 0 atom stereocenters. The predicted molar refractivity (Wildman–Crippen MR) is 72.5 cm³/mol. The summed E-state index contributed by atoms with van der Waals surface area (Å²) in [6.45, 7) is 1.21. The molecule has 1 aromatic carbocycles. The molecule has 114 valence electrons. The molecule has 4 nitrogen and oxygen atoms in total. The Hall–Kier alpha value is -2.05. The molecule has 1 aromatic rings. The first kappa shape index (κ1) is 15.3. The molecule has 21 heavy (non-hydrogen) atoms. The van der Waals surface area contributed by atoms with Crippen LogP contribution >= 0.6 is 0 Å². The monoisotopic (exact) mass is 300 g/mol. The quantitative estimate of drug-likeness (QED) is 0.664. The van der Waals surface area contributed by atoms with E-state index < -0.39 is 17.7 Å². The van der Waals surface area contributed by atoms with E-state index in [1.807, 2.05) is 0 Å². The van der Waals surface area contributed by atoms with Gasteiger partial charge in [-0.05, 0) is 55.9 Å². The number of benzene rings is 1. The number of halogens is 3. The minimum absolute atomic E-state index is 0.205. The summed E-state index contributed by atoms with van der Waals surface area (Å²) in [5.41, 5.74) is 2.48. The first-order valence-electron chi connectivity index (χ1n) is 6.55. The van der Waals surface area contributed by atoms with Crippen LogP contribution in [-0.2, 0) is 23.8 Å². The summed E-state index contributed by atoms with van der Waals surface area (Å²) in [6, 6.07) is 2.57. The molecular formula is C14H15F3N2O2. The van der Waals surface area contributed by atoms with Crippen LogP contribution < -0.4 is 5.43 Å². The smallest absolute Gasteiger partial charge is 0.418 e. The molecule has 0 aromatic heterocycles. The number of fused-ring (bicyclic) bond motifs is 1. The Bertz CT molecular complexity index is 595. The number of carboxylic acids is 1. The van der Waals surface area contributed by atoms with Gasteiger partial charge in [0, 0.05) is 0 Å². The zero-order valence-electron chi connectivity index (χ0n) is 11.4. The standard InChI is InChI=1S/C14H15F3N2O2/c1-8(13(20)21)18-19-12-7-10-5-3-2-4-9(10)6-11(12)14(15,16)17/h6-7,19H,2-5H2,1H3,(H,20,21). The minimum atomic E-state index is -4.51. The van der Waals surface area contributed by atoms with Gasteiger partial charge in [0.2, 0.25) is 0 Å². The summed E-state index contributed by atoms with van der Waals surface area (Å²) in [5, 5.41) is 12.2. The van der Waals surface area contributed by atoms with Crippen LogP contribution in [0, 0.1) is 0 Å². The number of aryl methyl sites for hydroxylation is 2. The molecule has 0 bridgehead atoms. The number of nitrogens with one attached hydrogen (secondary N) is 1. The lowest BCUT2D eigenvalue weighted by molar-refractivity contribution is -0.137. The summed E-state index contributed by atoms with van der Waals surface area (Å²) in [5.74, 6) is -1.28. The van der Waals surface area contributed by atoms with Gasteiger partial charge < -0.3 is 5.11 Å². The number of aliphatic carboxylic acids is 1. The van der Waals surface area contributed by atoms with E-state index in [9.17, 15) is 18.0 Å².